The van der Waals surface area contributed by atoms with Gasteiger partial charge in [-0.25, -0.2) is 4.79 Å². The molecule has 1 heterocycles. The number of carbonyl (C=O) groups is 3. The van der Waals surface area contributed by atoms with E-state index in [2.05, 4.69) is 0 Å². The summed E-state index contributed by atoms with van der Waals surface area (Å²) in [6.45, 7) is 2.00. The minimum atomic E-state index is -2.74. The van der Waals surface area contributed by atoms with E-state index in [1.165, 1.54) is 12.8 Å². The van der Waals surface area contributed by atoms with Crippen LogP contribution in [0.5, 0.6) is 0 Å². The van der Waals surface area contributed by atoms with Gasteiger partial charge >= 0.3 is 17.9 Å². The third-order valence-electron chi connectivity index (χ3n) is 2.11. The molecule has 0 bridgehead atoms. The van der Waals surface area contributed by atoms with Crippen molar-refractivity contribution in [2.24, 2.45) is 0 Å². The van der Waals surface area contributed by atoms with Gasteiger partial charge in [0.25, 0.3) is 0 Å². The van der Waals surface area contributed by atoms with E-state index in [1.807, 2.05) is 0 Å². The van der Waals surface area contributed by atoms with Gasteiger partial charge in [-0.1, -0.05) is 0 Å². The summed E-state index contributed by atoms with van der Waals surface area (Å²) in [7, 11) is 0. The maximum absolute atomic E-state index is 10.3. The lowest BCUT2D eigenvalue weighted by Gasteiger charge is -2.18. The molecule has 0 atom stereocenters. The van der Waals surface area contributed by atoms with E-state index in [0.717, 1.165) is 13.2 Å². The van der Waals surface area contributed by atoms with Crippen LogP contribution >= 0.6 is 0 Å². The molecule has 1 rings (SSSR count). The lowest BCUT2D eigenvalue weighted by Crippen LogP contribution is -2.42. The molecule has 1 aliphatic rings. The van der Waals surface area contributed by atoms with Gasteiger partial charge < -0.3 is 25.2 Å². The lowest BCUT2D eigenvalue weighted by atomic mass is 9.96. The SMILES string of the molecule is C1CCOC1.O=C(O)CC(O)(CC(=O)O)C(=O)O. The highest BCUT2D eigenvalue weighted by atomic mass is 16.5. The molecular formula is C10H16O8. The molecule has 0 radical (unpaired) electrons. The standard InChI is InChI=1S/C6H8O7.C4H8O/c7-3(8)1-6(13,5(11)12)2-4(9)10;1-2-4-5-3-1/h13H,1-2H2,(H,7,8)(H,9,10)(H,11,12);1-4H2. The average molecular weight is 264 g/mol. The van der Waals surface area contributed by atoms with Crippen LogP contribution in [0.2, 0.25) is 0 Å². The highest BCUT2D eigenvalue weighted by molar-refractivity contribution is 5.88. The summed E-state index contributed by atoms with van der Waals surface area (Å²) in [5, 5.41) is 33.8. The number of aliphatic hydroxyl groups is 1. The van der Waals surface area contributed by atoms with Crippen molar-refractivity contribution in [1.82, 2.24) is 0 Å². The van der Waals surface area contributed by atoms with Crippen molar-refractivity contribution >= 4 is 17.9 Å². The van der Waals surface area contributed by atoms with Crippen molar-refractivity contribution in [2.45, 2.75) is 31.3 Å². The van der Waals surface area contributed by atoms with Crippen LogP contribution in [0, 0.1) is 0 Å². The Labute approximate surface area is 103 Å². The number of carboxylic acid groups (broad SMARTS) is 3. The van der Waals surface area contributed by atoms with Crippen LogP contribution in [-0.4, -0.2) is 57.1 Å². The van der Waals surface area contributed by atoms with Crippen molar-refractivity contribution in [3.05, 3.63) is 0 Å². The lowest BCUT2D eigenvalue weighted by molar-refractivity contribution is -0.170. The number of hydrogen-bond donors (Lipinski definition) is 4. The number of ether oxygens (including phenoxy) is 1. The van der Waals surface area contributed by atoms with Crippen molar-refractivity contribution < 1.29 is 39.5 Å². The molecule has 4 N–H and O–H groups in total. The molecule has 1 saturated heterocycles. The second kappa shape index (κ2) is 7.62. The minimum absolute atomic E-state index is 1.00. The van der Waals surface area contributed by atoms with Crippen molar-refractivity contribution in [1.29, 1.82) is 0 Å². The quantitative estimate of drug-likeness (QED) is 0.523. The molecule has 0 aromatic carbocycles. The van der Waals surface area contributed by atoms with Crippen LogP contribution in [0.4, 0.5) is 0 Å². The highest BCUT2D eigenvalue weighted by Crippen LogP contribution is 2.15. The average Bonchev–Trinajstić information content (AvgIpc) is 2.71. The van der Waals surface area contributed by atoms with E-state index in [4.69, 9.17) is 25.2 Å². The zero-order valence-corrected chi connectivity index (χ0v) is 9.66. The first kappa shape index (κ1) is 16.3. The van der Waals surface area contributed by atoms with Gasteiger partial charge in [-0.3, -0.25) is 9.59 Å². The van der Waals surface area contributed by atoms with Crippen LogP contribution in [0.3, 0.4) is 0 Å². The third-order valence-corrected chi connectivity index (χ3v) is 2.11. The summed E-state index contributed by atoms with van der Waals surface area (Å²) in [6.07, 6.45) is 0.267. The molecule has 0 aliphatic carbocycles. The van der Waals surface area contributed by atoms with Crippen molar-refractivity contribution in [3.8, 4) is 0 Å². The summed E-state index contributed by atoms with van der Waals surface area (Å²) in [5.41, 5.74) is -2.74. The molecular weight excluding hydrogens is 248 g/mol. The van der Waals surface area contributed by atoms with Gasteiger partial charge in [0.1, 0.15) is 0 Å². The fraction of sp³-hybridized carbons (Fsp3) is 0.700. The number of carboxylic acids is 3. The van der Waals surface area contributed by atoms with Gasteiger partial charge in [-0.15, -0.1) is 0 Å². The zero-order valence-electron chi connectivity index (χ0n) is 9.66. The van der Waals surface area contributed by atoms with Crippen LogP contribution < -0.4 is 0 Å². The van der Waals surface area contributed by atoms with E-state index in [-0.39, 0.29) is 0 Å². The summed E-state index contributed by atoms with van der Waals surface area (Å²) >= 11 is 0. The molecule has 18 heavy (non-hydrogen) atoms. The molecule has 1 aliphatic heterocycles. The maximum Gasteiger partial charge on any atom is 0.336 e. The summed E-state index contributed by atoms with van der Waals surface area (Å²) < 4.78 is 4.94. The van der Waals surface area contributed by atoms with E-state index >= 15 is 0 Å². The Hall–Kier alpha value is -1.67. The van der Waals surface area contributed by atoms with Crippen LogP contribution in [0.25, 0.3) is 0 Å². The molecule has 0 saturated carbocycles. The van der Waals surface area contributed by atoms with Gasteiger partial charge in [-0.05, 0) is 12.8 Å². The number of aliphatic carboxylic acids is 3. The predicted octanol–water partition coefficient (Wildman–Crippen LogP) is -0.452. The van der Waals surface area contributed by atoms with E-state index in [9.17, 15) is 14.4 Å². The summed E-state index contributed by atoms with van der Waals surface area (Å²) in [4.78, 5) is 30.5. The van der Waals surface area contributed by atoms with Crippen LogP contribution in [0.1, 0.15) is 25.7 Å². The predicted molar refractivity (Wildman–Crippen MR) is 57.1 cm³/mol. The van der Waals surface area contributed by atoms with Crippen LogP contribution in [-0.2, 0) is 19.1 Å². The van der Waals surface area contributed by atoms with Gasteiger partial charge in [0, 0.05) is 13.2 Å². The van der Waals surface area contributed by atoms with Gasteiger partial charge in [0.15, 0.2) is 5.60 Å². The maximum atomic E-state index is 10.3. The van der Waals surface area contributed by atoms with Gasteiger partial charge in [-0.2, -0.15) is 0 Å². The van der Waals surface area contributed by atoms with E-state index < -0.39 is 36.4 Å². The Kier molecular flexibility index (Phi) is 6.91. The molecule has 0 unspecified atom stereocenters. The Balaban J connectivity index is 0.000000473. The van der Waals surface area contributed by atoms with E-state index in [0.29, 0.717) is 0 Å². The van der Waals surface area contributed by atoms with E-state index in [1.54, 1.807) is 0 Å². The summed E-state index contributed by atoms with van der Waals surface area (Å²) in [6, 6.07) is 0. The topological polar surface area (TPSA) is 141 Å². The largest absolute Gasteiger partial charge is 0.481 e. The smallest absolute Gasteiger partial charge is 0.336 e. The second-order valence-corrected chi connectivity index (χ2v) is 3.80. The van der Waals surface area contributed by atoms with Crippen LogP contribution in [0.15, 0.2) is 0 Å². The molecule has 0 aromatic heterocycles. The molecule has 1 fully saturated rings. The van der Waals surface area contributed by atoms with Crippen molar-refractivity contribution in [3.63, 3.8) is 0 Å². The molecule has 0 aromatic rings. The fourth-order valence-corrected chi connectivity index (χ4v) is 1.22. The number of hydrogen-bond acceptors (Lipinski definition) is 5. The first-order chi connectivity index (χ1) is 8.28. The molecule has 8 nitrogen and oxygen atoms in total. The fourth-order valence-electron chi connectivity index (χ4n) is 1.22. The Bertz CT molecular complexity index is 283. The minimum Gasteiger partial charge on any atom is -0.481 e. The Morgan fingerprint density at radius 1 is 0.944 bits per heavy atom. The molecule has 0 amide bonds. The Morgan fingerprint density at radius 3 is 1.50 bits per heavy atom. The molecule has 0 spiro atoms. The third kappa shape index (κ3) is 6.81. The summed E-state index contributed by atoms with van der Waals surface area (Å²) in [5.74, 6) is -5.02. The number of rotatable bonds is 5. The highest BCUT2D eigenvalue weighted by Gasteiger charge is 2.40. The Morgan fingerprint density at radius 2 is 1.33 bits per heavy atom. The zero-order chi connectivity index (χ0) is 14.2. The molecule has 104 valence electrons. The first-order valence-corrected chi connectivity index (χ1v) is 5.25. The molecule has 8 heteroatoms. The first-order valence-electron chi connectivity index (χ1n) is 5.25. The van der Waals surface area contributed by atoms with Gasteiger partial charge in [0.2, 0.25) is 0 Å². The van der Waals surface area contributed by atoms with Crippen molar-refractivity contribution in [2.75, 3.05) is 13.2 Å². The van der Waals surface area contributed by atoms with Gasteiger partial charge in [0.05, 0.1) is 12.8 Å². The second-order valence-electron chi connectivity index (χ2n) is 3.80. The monoisotopic (exact) mass is 264 g/mol. The normalized spacial score (nSPS) is 14.5.